The largest absolute Gasteiger partial charge is 0.495 e. The molecule has 7 nitrogen and oxygen atoms in total. The van der Waals surface area contributed by atoms with Gasteiger partial charge in [-0.2, -0.15) is 0 Å². The third kappa shape index (κ3) is 8.64. The fraction of sp³-hybridized carbons (Fsp3) is 0.480. The van der Waals surface area contributed by atoms with Gasteiger partial charge in [0.1, 0.15) is 5.75 Å². The smallest absolute Gasteiger partial charge is 0.142 e. The van der Waals surface area contributed by atoms with Gasteiger partial charge in [-0.15, -0.1) is 11.8 Å². The van der Waals surface area contributed by atoms with Crippen LogP contribution in [0.4, 0.5) is 11.4 Å². The number of methoxy groups -OCH3 is 1. The van der Waals surface area contributed by atoms with E-state index >= 15 is 0 Å². The summed E-state index contributed by atoms with van der Waals surface area (Å²) >= 11 is 1.71. The number of benzene rings is 2. The van der Waals surface area contributed by atoms with Crippen LogP contribution in [0, 0.1) is 0 Å². The van der Waals surface area contributed by atoms with E-state index < -0.39 is 0 Å². The van der Waals surface area contributed by atoms with Crippen molar-refractivity contribution < 1.29 is 4.74 Å². The zero-order chi connectivity index (χ0) is 23.1. The lowest BCUT2D eigenvalue weighted by Crippen LogP contribution is -2.39. The van der Waals surface area contributed by atoms with Crippen LogP contribution in [0.3, 0.4) is 0 Å². The minimum atomic E-state index is 0.873. The zero-order valence-corrected chi connectivity index (χ0v) is 20.7. The Bertz CT molecular complexity index is 847. The van der Waals surface area contributed by atoms with Crippen LogP contribution in [0.25, 0.3) is 0 Å². The van der Waals surface area contributed by atoms with Crippen LogP contribution < -0.4 is 30.9 Å². The average molecular weight is 471 g/mol. The van der Waals surface area contributed by atoms with Crippen LogP contribution in [0.2, 0.25) is 0 Å². The Kier molecular flexibility index (Phi) is 11.5. The topological polar surface area (TPSA) is 73.0 Å². The van der Waals surface area contributed by atoms with E-state index in [0.29, 0.717) is 0 Å². The van der Waals surface area contributed by atoms with Gasteiger partial charge in [0.05, 0.1) is 18.5 Å². The van der Waals surface area contributed by atoms with E-state index in [0.717, 1.165) is 88.1 Å². The van der Waals surface area contributed by atoms with Crippen LogP contribution in [-0.2, 0) is 0 Å². The van der Waals surface area contributed by atoms with Gasteiger partial charge in [0.25, 0.3) is 0 Å². The molecule has 8 heteroatoms. The summed E-state index contributed by atoms with van der Waals surface area (Å²) in [5.41, 5.74) is 3.13. The molecule has 3 rings (SSSR count). The molecule has 2 aromatic carbocycles. The molecule has 0 amide bonds. The van der Waals surface area contributed by atoms with Crippen molar-refractivity contribution in [1.82, 2.24) is 21.3 Å². The van der Waals surface area contributed by atoms with E-state index in [4.69, 9.17) is 9.73 Å². The van der Waals surface area contributed by atoms with E-state index in [-0.39, 0.29) is 0 Å². The summed E-state index contributed by atoms with van der Waals surface area (Å²) in [6.07, 6.45) is 3.99. The maximum atomic E-state index is 5.79. The molecule has 0 saturated carbocycles. The number of para-hydroxylation sites is 1. The summed E-state index contributed by atoms with van der Waals surface area (Å²) in [5.74, 6) is 0.873. The fourth-order valence-corrected chi connectivity index (χ4v) is 4.27. The van der Waals surface area contributed by atoms with Crippen molar-refractivity contribution >= 4 is 29.4 Å². The molecule has 1 fully saturated rings. The summed E-state index contributed by atoms with van der Waals surface area (Å²) in [6, 6.07) is 14.5. The van der Waals surface area contributed by atoms with Crippen molar-refractivity contribution in [1.29, 1.82) is 0 Å². The van der Waals surface area contributed by atoms with E-state index in [1.165, 1.54) is 4.90 Å². The predicted molar refractivity (Wildman–Crippen MR) is 142 cm³/mol. The highest BCUT2D eigenvalue weighted by atomic mass is 32.2. The van der Waals surface area contributed by atoms with Gasteiger partial charge >= 0.3 is 0 Å². The standard InChI is InChI=1S/C25H38N6OS/c1-32-24-19-21(20-30-22-5-3-4-6-25(22)33-2)7-8-23(24)31-17-15-28-13-11-26-9-10-27-12-14-29-16-18-31/h3-8,19-20,26-29H,9-18H2,1-2H3. The Labute approximate surface area is 202 Å². The molecule has 0 bridgehead atoms. The SMILES string of the molecule is COc1cc(C=Nc2ccccc2SC)ccc1N1CCNCCNCCNCCNCC1. The van der Waals surface area contributed by atoms with Crippen LogP contribution in [0.5, 0.6) is 5.75 Å². The van der Waals surface area contributed by atoms with Crippen LogP contribution in [0.1, 0.15) is 5.56 Å². The van der Waals surface area contributed by atoms with Gasteiger partial charge in [-0.25, -0.2) is 0 Å². The van der Waals surface area contributed by atoms with Crippen molar-refractivity contribution in [2.45, 2.75) is 4.90 Å². The molecular weight excluding hydrogens is 432 g/mol. The van der Waals surface area contributed by atoms with Crippen molar-refractivity contribution in [3.8, 4) is 5.75 Å². The quantitative estimate of drug-likeness (QED) is 0.395. The molecule has 0 atom stereocenters. The molecule has 4 N–H and O–H groups in total. The first-order chi connectivity index (χ1) is 16.3. The summed E-state index contributed by atoms with van der Waals surface area (Å²) in [7, 11) is 1.74. The number of rotatable bonds is 5. The molecule has 33 heavy (non-hydrogen) atoms. The maximum Gasteiger partial charge on any atom is 0.142 e. The minimum absolute atomic E-state index is 0.873. The highest BCUT2D eigenvalue weighted by molar-refractivity contribution is 7.98. The van der Waals surface area contributed by atoms with Gasteiger partial charge in [-0.1, -0.05) is 18.2 Å². The van der Waals surface area contributed by atoms with E-state index in [1.807, 2.05) is 24.4 Å². The molecule has 180 valence electrons. The first-order valence-electron chi connectivity index (χ1n) is 11.7. The summed E-state index contributed by atoms with van der Waals surface area (Å²) in [6.45, 7) is 9.61. The van der Waals surface area contributed by atoms with Crippen LogP contribution >= 0.6 is 11.8 Å². The van der Waals surface area contributed by atoms with E-state index in [2.05, 4.69) is 56.7 Å². The number of hydrogen-bond acceptors (Lipinski definition) is 8. The normalized spacial score (nSPS) is 17.5. The molecule has 0 unspecified atom stereocenters. The van der Waals surface area contributed by atoms with Gasteiger partial charge in [0.15, 0.2) is 0 Å². The van der Waals surface area contributed by atoms with Crippen molar-refractivity contribution in [2.75, 3.05) is 83.7 Å². The van der Waals surface area contributed by atoms with Crippen molar-refractivity contribution in [3.05, 3.63) is 48.0 Å². The Morgan fingerprint density at radius 2 is 1.45 bits per heavy atom. The summed E-state index contributed by atoms with van der Waals surface area (Å²) in [5, 5.41) is 14.0. The average Bonchev–Trinajstić information content (AvgIpc) is 2.87. The summed E-state index contributed by atoms with van der Waals surface area (Å²) < 4.78 is 5.79. The lowest BCUT2D eigenvalue weighted by molar-refractivity contribution is 0.414. The lowest BCUT2D eigenvalue weighted by Gasteiger charge is -2.27. The summed E-state index contributed by atoms with van der Waals surface area (Å²) in [4.78, 5) is 8.27. The third-order valence-electron chi connectivity index (χ3n) is 5.53. The number of aliphatic imine (C=N–C) groups is 1. The molecule has 1 aliphatic rings. The number of hydrogen-bond donors (Lipinski definition) is 4. The van der Waals surface area contributed by atoms with Gasteiger partial charge in [-0.05, 0) is 36.1 Å². The van der Waals surface area contributed by atoms with E-state index in [1.54, 1.807) is 18.9 Å². The minimum Gasteiger partial charge on any atom is -0.495 e. The van der Waals surface area contributed by atoms with Gasteiger partial charge in [0, 0.05) is 76.6 Å². The molecule has 0 aromatic heterocycles. The predicted octanol–water partition coefficient (Wildman–Crippen LogP) is 2.35. The zero-order valence-electron chi connectivity index (χ0n) is 19.9. The first kappa shape index (κ1) is 25.5. The Morgan fingerprint density at radius 3 is 2.06 bits per heavy atom. The Morgan fingerprint density at radius 1 is 0.848 bits per heavy atom. The van der Waals surface area contributed by atoms with Gasteiger partial charge in [0.2, 0.25) is 0 Å². The van der Waals surface area contributed by atoms with Gasteiger partial charge in [-0.3, -0.25) is 4.99 Å². The third-order valence-corrected chi connectivity index (χ3v) is 6.32. The van der Waals surface area contributed by atoms with Gasteiger partial charge < -0.3 is 30.9 Å². The molecule has 0 aliphatic carbocycles. The molecule has 0 spiro atoms. The molecule has 1 heterocycles. The van der Waals surface area contributed by atoms with E-state index in [9.17, 15) is 0 Å². The molecule has 1 aliphatic heterocycles. The van der Waals surface area contributed by atoms with Crippen LogP contribution in [0.15, 0.2) is 52.4 Å². The molecular formula is C25H38N6OS. The lowest BCUT2D eigenvalue weighted by atomic mass is 10.1. The van der Waals surface area contributed by atoms with Crippen molar-refractivity contribution in [3.63, 3.8) is 0 Å². The number of nitrogens with one attached hydrogen (secondary N) is 4. The monoisotopic (exact) mass is 470 g/mol. The first-order valence-corrected chi connectivity index (χ1v) is 13.0. The molecule has 0 radical (unpaired) electrons. The second-order valence-corrected chi connectivity index (χ2v) is 8.70. The Balaban J connectivity index is 1.71. The number of ether oxygens (including phenoxy) is 1. The van der Waals surface area contributed by atoms with Crippen molar-refractivity contribution in [2.24, 2.45) is 4.99 Å². The number of anilines is 1. The number of thioether (sulfide) groups is 1. The number of nitrogens with zero attached hydrogens (tertiary/aromatic N) is 2. The fourth-order valence-electron chi connectivity index (χ4n) is 3.73. The molecule has 1 saturated heterocycles. The molecule has 2 aromatic rings. The van der Waals surface area contributed by atoms with Crippen LogP contribution in [-0.4, -0.2) is 85.0 Å². The second-order valence-electron chi connectivity index (χ2n) is 7.85. The highest BCUT2D eigenvalue weighted by Gasteiger charge is 2.13. The second kappa shape index (κ2) is 14.9. The maximum absolute atomic E-state index is 5.79. The Hall–Kier alpha value is -2.10. The highest BCUT2D eigenvalue weighted by Crippen LogP contribution is 2.30.